The molecule has 2 amide bonds. The number of nitrogens with one attached hydrogen (secondary N) is 1. The molecule has 0 aromatic carbocycles. The number of hydrazine groups is 1. The van der Waals surface area contributed by atoms with Crippen LogP contribution < -0.4 is 11.2 Å². The van der Waals surface area contributed by atoms with E-state index in [4.69, 9.17) is 19.9 Å². The number of hydrogen-bond donors (Lipinski definition) is 2. The van der Waals surface area contributed by atoms with E-state index in [1.54, 1.807) is 0 Å². The van der Waals surface area contributed by atoms with Gasteiger partial charge in [0.25, 0.3) is 0 Å². The number of primary amides is 1. The number of nitrogens with zero attached hydrogens (tertiary/aromatic N) is 1. The van der Waals surface area contributed by atoms with Crippen LogP contribution in [-0.4, -0.2) is 48.9 Å². The zero-order valence-electron chi connectivity index (χ0n) is 7.38. The Morgan fingerprint density at radius 2 is 2.21 bits per heavy atom. The van der Waals surface area contributed by atoms with Crippen molar-refractivity contribution in [1.82, 2.24) is 10.4 Å². The predicted octanol–water partition coefficient (Wildman–Crippen LogP) is -1.65. The van der Waals surface area contributed by atoms with Crippen LogP contribution in [0.1, 0.15) is 0 Å². The number of amides is 2. The Labute approximate surface area is 80.0 Å². The first-order chi connectivity index (χ1) is 6.77. The van der Waals surface area contributed by atoms with Crippen LogP contribution in [0.15, 0.2) is 0 Å². The standard InChI is InChI=1S/C7H11N3O4/c8-7(11)10-6-5-4(12-2-13-5)3(14-6)1-9-10/h3-6,9H,1-2H2,(H2,8,11). The molecule has 14 heavy (non-hydrogen) atoms. The van der Waals surface area contributed by atoms with Gasteiger partial charge in [0.05, 0.1) is 0 Å². The Balaban J connectivity index is 1.86. The minimum Gasteiger partial charge on any atom is -0.350 e. The zero-order chi connectivity index (χ0) is 9.71. The third kappa shape index (κ3) is 0.976. The quantitative estimate of drug-likeness (QED) is 0.490. The fraction of sp³-hybridized carbons (Fsp3) is 0.857. The third-order valence-electron chi connectivity index (χ3n) is 2.76. The minimum atomic E-state index is -0.565. The molecule has 3 aliphatic rings. The zero-order valence-corrected chi connectivity index (χ0v) is 7.38. The van der Waals surface area contributed by atoms with Gasteiger partial charge in [-0.05, 0) is 0 Å². The van der Waals surface area contributed by atoms with E-state index in [1.165, 1.54) is 5.01 Å². The molecule has 3 rings (SSSR count). The smallest absolute Gasteiger partial charge is 0.331 e. The summed E-state index contributed by atoms with van der Waals surface area (Å²) >= 11 is 0. The molecule has 3 fully saturated rings. The molecule has 3 N–H and O–H groups in total. The van der Waals surface area contributed by atoms with Gasteiger partial charge in [-0.1, -0.05) is 0 Å². The minimum absolute atomic E-state index is 0.0527. The Bertz CT molecular complexity index is 274. The molecule has 4 unspecified atom stereocenters. The molecule has 3 saturated heterocycles. The number of hydrogen-bond acceptors (Lipinski definition) is 5. The second-order valence-electron chi connectivity index (χ2n) is 3.52. The van der Waals surface area contributed by atoms with Gasteiger partial charge in [-0.2, -0.15) is 0 Å². The first kappa shape index (κ1) is 8.42. The van der Waals surface area contributed by atoms with Crippen molar-refractivity contribution in [3.05, 3.63) is 0 Å². The molecule has 0 aliphatic carbocycles. The molecule has 0 saturated carbocycles. The monoisotopic (exact) mass is 201 g/mol. The maximum absolute atomic E-state index is 11.0. The lowest BCUT2D eigenvalue weighted by Gasteiger charge is -2.33. The molecule has 0 aromatic rings. The van der Waals surface area contributed by atoms with Crippen LogP contribution in [0.2, 0.25) is 0 Å². The van der Waals surface area contributed by atoms with Crippen molar-refractivity contribution in [2.45, 2.75) is 24.5 Å². The van der Waals surface area contributed by atoms with E-state index in [2.05, 4.69) is 5.43 Å². The van der Waals surface area contributed by atoms with Gasteiger partial charge in [0.2, 0.25) is 0 Å². The number of carbonyl (C=O) groups is 1. The summed E-state index contributed by atoms with van der Waals surface area (Å²) < 4.78 is 16.2. The maximum atomic E-state index is 11.0. The van der Waals surface area contributed by atoms with Crippen LogP contribution in [0.4, 0.5) is 4.79 Å². The Hall–Kier alpha value is -0.890. The highest BCUT2D eigenvalue weighted by atomic mass is 16.7. The first-order valence-corrected chi connectivity index (χ1v) is 4.48. The highest BCUT2D eigenvalue weighted by molar-refractivity contribution is 5.72. The molecule has 0 aromatic heterocycles. The van der Waals surface area contributed by atoms with Crippen LogP contribution >= 0.6 is 0 Å². The summed E-state index contributed by atoms with van der Waals surface area (Å²) in [5.41, 5.74) is 8.07. The number of urea groups is 1. The summed E-state index contributed by atoms with van der Waals surface area (Å²) in [4.78, 5) is 11.0. The van der Waals surface area contributed by atoms with Gasteiger partial charge in [0, 0.05) is 6.54 Å². The van der Waals surface area contributed by atoms with Crippen molar-refractivity contribution >= 4 is 6.03 Å². The third-order valence-corrected chi connectivity index (χ3v) is 2.76. The van der Waals surface area contributed by atoms with E-state index in [-0.39, 0.29) is 25.1 Å². The summed E-state index contributed by atoms with van der Waals surface area (Å²) in [6.07, 6.45) is -0.818. The number of carbonyl (C=O) groups excluding carboxylic acids is 1. The van der Waals surface area contributed by atoms with E-state index in [1.807, 2.05) is 0 Å². The lowest BCUT2D eigenvalue weighted by Crippen LogP contribution is -2.59. The fourth-order valence-electron chi connectivity index (χ4n) is 2.14. The van der Waals surface area contributed by atoms with Gasteiger partial charge >= 0.3 is 6.03 Å². The highest BCUT2D eigenvalue weighted by Gasteiger charge is 2.55. The maximum Gasteiger partial charge on any atom is 0.331 e. The first-order valence-electron chi connectivity index (χ1n) is 4.48. The molecule has 4 atom stereocenters. The average molecular weight is 201 g/mol. The molecule has 3 heterocycles. The van der Waals surface area contributed by atoms with Crippen LogP contribution in [0, 0.1) is 0 Å². The second-order valence-corrected chi connectivity index (χ2v) is 3.52. The Kier molecular flexibility index (Phi) is 1.68. The van der Waals surface area contributed by atoms with Crippen molar-refractivity contribution in [3.8, 4) is 0 Å². The van der Waals surface area contributed by atoms with E-state index >= 15 is 0 Å². The predicted molar refractivity (Wildman–Crippen MR) is 42.7 cm³/mol. The second kappa shape index (κ2) is 2.80. The van der Waals surface area contributed by atoms with Gasteiger partial charge < -0.3 is 19.9 Å². The van der Waals surface area contributed by atoms with E-state index in [0.29, 0.717) is 6.54 Å². The van der Waals surface area contributed by atoms with E-state index in [9.17, 15) is 4.79 Å². The molecule has 0 radical (unpaired) electrons. The van der Waals surface area contributed by atoms with Gasteiger partial charge in [-0.15, -0.1) is 0 Å². The van der Waals surface area contributed by atoms with Crippen molar-refractivity contribution in [2.75, 3.05) is 13.3 Å². The van der Waals surface area contributed by atoms with Crippen LogP contribution in [0.3, 0.4) is 0 Å². The Morgan fingerprint density at radius 1 is 1.43 bits per heavy atom. The molecule has 0 spiro atoms. The molecule has 2 bridgehead atoms. The highest BCUT2D eigenvalue weighted by Crippen LogP contribution is 2.34. The lowest BCUT2D eigenvalue weighted by molar-refractivity contribution is -0.153. The molecule has 3 aliphatic heterocycles. The van der Waals surface area contributed by atoms with Gasteiger partial charge in [0.1, 0.15) is 25.1 Å². The molecular formula is C7H11N3O4. The Morgan fingerprint density at radius 3 is 3.00 bits per heavy atom. The molecule has 7 heteroatoms. The average Bonchev–Trinajstić information content (AvgIpc) is 2.71. The van der Waals surface area contributed by atoms with Crippen molar-refractivity contribution in [2.24, 2.45) is 5.73 Å². The van der Waals surface area contributed by atoms with Crippen molar-refractivity contribution in [3.63, 3.8) is 0 Å². The van der Waals surface area contributed by atoms with Crippen LogP contribution in [0.5, 0.6) is 0 Å². The van der Waals surface area contributed by atoms with E-state index < -0.39 is 12.3 Å². The number of fused-ring (bicyclic) bond motifs is 5. The molecule has 78 valence electrons. The number of rotatable bonds is 0. The normalized spacial score (nSPS) is 45.3. The summed E-state index contributed by atoms with van der Waals surface area (Å²) in [6, 6.07) is -0.565. The van der Waals surface area contributed by atoms with Crippen LogP contribution in [0.25, 0.3) is 0 Å². The summed E-state index contributed by atoms with van der Waals surface area (Å²) in [7, 11) is 0. The van der Waals surface area contributed by atoms with E-state index in [0.717, 1.165) is 0 Å². The topological polar surface area (TPSA) is 86.1 Å². The SMILES string of the molecule is NC(=O)N1NCC2OC1C1OCOC21. The number of ether oxygens (including phenoxy) is 3. The molecule has 7 nitrogen and oxygen atoms in total. The van der Waals surface area contributed by atoms with Crippen LogP contribution in [-0.2, 0) is 14.2 Å². The molecular weight excluding hydrogens is 190 g/mol. The summed E-state index contributed by atoms with van der Waals surface area (Å²) in [5.74, 6) is 0. The largest absolute Gasteiger partial charge is 0.350 e. The lowest BCUT2D eigenvalue weighted by atomic mass is 10.1. The van der Waals surface area contributed by atoms with Crippen molar-refractivity contribution in [1.29, 1.82) is 0 Å². The summed E-state index contributed by atoms with van der Waals surface area (Å²) in [5, 5.41) is 1.26. The number of nitrogens with two attached hydrogens (primary N) is 1. The van der Waals surface area contributed by atoms with Gasteiger partial charge in [-0.3, -0.25) is 0 Å². The van der Waals surface area contributed by atoms with Gasteiger partial charge in [0.15, 0.2) is 6.23 Å². The van der Waals surface area contributed by atoms with Gasteiger partial charge in [-0.25, -0.2) is 15.2 Å². The fourth-order valence-corrected chi connectivity index (χ4v) is 2.14. The van der Waals surface area contributed by atoms with Crippen molar-refractivity contribution < 1.29 is 19.0 Å². The summed E-state index contributed by atoms with van der Waals surface area (Å²) in [6.45, 7) is 0.780.